The largest absolute Gasteiger partial charge is 0.350 e. The van der Waals surface area contributed by atoms with Gasteiger partial charge in [0.2, 0.25) is 17.0 Å². The molecule has 0 radical (unpaired) electrons. The summed E-state index contributed by atoms with van der Waals surface area (Å²) in [6.07, 6.45) is 5.32. The highest BCUT2D eigenvalue weighted by Crippen LogP contribution is 2.25. The lowest BCUT2D eigenvalue weighted by Crippen LogP contribution is -2.39. The predicted molar refractivity (Wildman–Crippen MR) is 110 cm³/mol. The van der Waals surface area contributed by atoms with Gasteiger partial charge in [-0.05, 0) is 44.0 Å². The van der Waals surface area contributed by atoms with Crippen LogP contribution in [-0.2, 0) is 0 Å². The number of hydrogen-bond donors (Lipinski definition) is 1. The van der Waals surface area contributed by atoms with Crippen molar-refractivity contribution in [3.63, 3.8) is 0 Å². The Hall–Kier alpha value is -3.14. The highest BCUT2D eigenvalue weighted by atomic mass is 32.1. The van der Waals surface area contributed by atoms with Gasteiger partial charge >= 0.3 is 0 Å². The number of halogens is 1. The molecule has 0 unspecified atom stereocenters. The van der Waals surface area contributed by atoms with Crippen LogP contribution in [0.2, 0.25) is 0 Å². The van der Waals surface area contributed by atoms with Crippen LogP contribution in [0.1, 0.15) is 18.7 Å². The topological polar surface area (TPSA) is 84.1 Å². The average Bonchev–Trinajstić information content (AvgIpc) is 3.35. The molecule has 1 fully saturated rings. The van der Waals surface area contributed by atoms with E-state index >= 15 is 0 Å². The lowest BCUT2D eigenvalue weighted by atomic mass is 10.1. The van der Waals surface area contributed by atoms with Gasteiger partial charge in [0, 0.05) is 54.2 Å². The molecule has 0 saturated carbocycles. The molecule has 1 saturated heterocycles. The average molecular weight is 410 g/mol. The number of pyridine rings is 2. The minimum absolute atomic E-state index is 0.300. The van der Waals surface area contributed by atoms with E-state index < -0.39 is 5.95 Å². The molecule has 0 atom stereocenters. The Morgan fingerprint density at radius 3 is 2.76 bits per heavy atom. The second-order valence-electron chi connectivity index (χ2n) is 7.02. The molecule has 0 amide bonds. The van der Waals surface area contributed by atoms with Crippen molar-refractivity contribution < 1.29 is 4.39 Å². The van der Waals surface area contributed by atoms with Crippen molar-refractivity contribution in [2.24, 2.45) is 0 Å². The van der Waals surface area contributed by atoms with Crippen LogP contribution in [0, 0.1) is 12.9 Å². The number of nitrogens with one attached hydrogen (secondary N) is 1. The first-order chi connectivity index (χ1) is 14.2. The van der Waals surface area contributed by atoms with Gasteiger partial charge in [-0.25, -0.2) is 14.5 Å². The first kappa shape index (κ1) is 17.9. The Morgan fingerprint density at radius 1 is 1.17 bits per heavy atom. The maximum absolute atomic E-state index is 13.2. The Labute approximate surface area is 170 Å². The minimum atomic E-state index is -0.500. The van der Waals surface area contributed by atoms with Crippen molar-refractivity contribution in [2.45, 2.75) is 25.8 Å². The van der Waals surface area contributed by atoms with Crippen LogP contribution in [-0.4, -0.2) is 48.1 Å². The van der Waals surface area contributed by atoms with Crippen LogP contribution in [0.4, 0.5) is 15.5 Å². The summed E-state index contributed by atoms with van der Waals surface area (Å²) < 4.78 is 19.2. The van der Waals surface area contributed by atoms with Gasteiger partial charge in [0.1, 0.15) is 5.82 Å². The molecular weight excluding hydrogens is 391 g/mol. The van der Waals surface area contributed by atoms with Crippen molar-refractivity contribution in [2.75, 3.05) is 23.3 Å². The van der Waals surface area contributed by atoms with Crippen molar-refractivity contribution in [1.29, 1.82) is 0 Å². The molecule has 0 spiro atoms. The van der Waals surface area contributed by atoms with E-state index in [1.807, 2.05) is 25.3 Å². The maximum atomic E-state index is 13.2. The summed E-state index contributed by atoms with van der Waals surface area (Å²) in [6.45, 7) is 3.76. The van der Waals surface area contributed by atoms with E-state index in [4.69, 9.17) is 0 Å². The van der Waals surface area contributed by atoms with Gasteiger partial charge in [-0.2, -0.15) is 13.7 Å². The zero-order chi connectivity index (χ0) is 19.8. The van der Waals surface area contributed by atoms with Crippen molar-refractivity contribution >= 4 is 28.3 Å². The second-order valence-corrected chi connectivity index (χ2v) is 7.76. The van der Waals surface area contributed by atoms with Crippen LogP contribution in [0.25, 0.3) is 16.8 Å². The number of hydrogen-bond acceptors (Lipinski definition) is 8. The Morgan fingerprint density at radius 2 is 2.03 bits per heavy atom. The van der Waals surface area contributed by atoms with Gasteiger partial charge in [0.05, 0.1) is 0 Å². The van der Waals surface area contributed by atoms with Gasteiger partial charge in [0.15, 0.2) is 5.65 Å². The van der Waals surface area contributed by atoms with Crippen LogP contribution < -0.4 is 10.2 Å². The third-order valence-corrected chi connectivity index (χ3v) is 5.88. The first-order valence-corrected chi connectivity index (χ1v) is 10.2. The van der Waals surface area contributed by atoms with E-state index in [0.29, 0.717) is 17.6 Å². The van der Waals surface area contributed by atoms with E-state index in [9.17, 15) is 4.39 Å². The molecule has 1 aliphatic rings. The number of fused-ring (bicyclic) bond motifs is 1. The summed E-state index contributed by atoms with van der Waals surface area (Å²) in [5, 5.41) is 9.00. The molecule has 29 heavy (non-hydrogen) atoms. The zero-order valence-electron chi connectivity index (χ0n) is 15.8. The third kappa shape index (κ3) is 3.63. The number of aryl methyl sites for hydroxylation is 1. The molecule has 8 nitrogen and oxygen atoms in total. The smallest absolute Gasteiger partial charge is 0.243 e. The van der Waals surface area contributed by atoms with Crippen LogP contribution in [0.3, 0.4) is 0 Å². The molecule has 0 aliphatic carbocycles. The highest BCUT2D eigenvalue weighted by molar-refractivity contribution is 7.09. The number of nitrogens with zero attached hydrogens (tertiary/aromatic N) is 7. The van der Waals surface area contributed by atoms with Gasteiger partial charge < -0.3 is 10.2 Å². The van der Waals surface area contributed by atoms with Crippen LogP contribution in [0.5, 0.6) is 0 Å². The molecule has 1 N–H and O–H groups in total. The quantitative estimate of drug-likeness (QED) is 0.517. The Bertz CT molecular complexity index is 1130. The summed E-state index contributed by atoms with van der Waals surface area (Å²) in [7, 11) is 0. The van der Waals surface area contributed by atoms with Crippen molar-refractivity contribution in [3.05, 3.63) is 48.4 Å². The monoisotopic (exact) mass is 410 g/mol. The van der Waals surface area contributed by atoms with E-state index in [1.54, 1.807) is 10.6 Å². The van der Waals surface area contributed by atoms with Gasteiger partial charge in [-0.3, -0.25) is 0 Å². The molecular formula is C19H19FN8S. The third-order valence-electron chi connectivity index (χ3n) is 5.02. The number of aromatic nitrogens is 6. The maximum Gasteiger partial charge on any atom is 0.243 e. The summed E-state index contributed by atoms with van der Waals surface area (Å²) in [6, 6.07) is 7.18. The van der Waals surface area contributed by atoms with Crippen molar-refractivity contribution in [3.8, 4) is 11.1 Å². The number of rotatable bonds is 4. The lowest BCUT2D eigenvalue weighted by Gasteiger charge is -2.31. The molecule has 148 valence electrons. The zero-order valence-corrected chi connectivity index (χ0v) is 16.6. The molecule has 10 heteroatoms. The van der Waals surface area contributed by atoms with Gasteiger partial charge in [-0.15, -0.1) is 5.10 Å². The molecule has 4 aromatic rings. The SMILES string of the molecule is Cc1nsc(N2CCC(Nc3nc4c(-c5ccc(F)nc5)cccn4n3)CC2)n1. The fourth-order valence-electron chi connectivity index (χ4n) is 3.54. The normalized spacial score (nSPS) is 15.2. The molecule has 1 aliphatic heterocycles. The summed E-state index contributed by atoms with van der Waals surface area (Å²) in [5.74, 6) is 0.920. The second kappa shape index (κ2) is 7.36. The predicted octanol–water partition coefficient (Wildman–Crippen LogP) is 3.17. The number of anilines is 2. The molecule has 4 aromatic heterocycles. The van der Waals surface area contributed by atoms with Gasteiger partial charge in [0.25, 0.3) is 0 Å². The van der Waals surface area contributed by atoms with E-state index in [2.05, 4.69) is 34.6 Å². The summed E-state index contributed by atoms with van der Waals surface area (Å²) in [5.41, 5.74) is 2.38. The fourth-order valence-corrected chi connectivity index (χ4v) is 4.27. The first-order valence-electron chi connectivity index (χ1n) is 9.45. The Balaban J connectivity index is 1.31. The van der Waals surface area contributed by atoms with Crippen LogP contribution >= 0.6 is 11.5 Å². The standard InChI is InChI=1S/C19H19FN8S/c1-12-22-19(29-26-12)27-9-6-14(7-10-27)23-18-24-17-15(3-2-8-28(17)25-18)13-4-5-16(20)21-11-13/h2-5,8,11,14H,6-7,9-10H2,1H3,(H,23,25). The molecule has 5 rings (SSSR count). The minimum Gasteiger partial charge on any atom is -0.350 e. The van der Waals surface area contributed by atoms with E-state index in [0.717, 1.165) is 48.0 Å². The summed E-state index contributed by atoms with van der Waals surface area (Å²) in [4.78, 5) is 15.2. The fraction of sp³-hybridized carbons (Fsp3) is 0.316. The Kier molecular flexibility index (Phi) is 4.55. The highest BCUT2D eigenvalue weighted by Gasteiger charge is 2.22. The molecule has 0 aromatic carbocycles. The molecule has 5 heterocycles. The molecule has 0 bridgehead atoms. The van der Waals surface area contributed by atoms with E-state index in [-0.39, 0.29) is 0 Å². The number of piperidine rings is 1. The van der Waals surface area contributed by atoms with E-state index in [1.165, 1.54) is 23.8 Å². The lowest BCUT2D eigenvalue weighted by molar-refractivity contribution is 0.523. The van der Waals surface area contributed by atoms with Gasteiger partial charge in [-0.1, -0.05) is 0 Å². The van der Waals surface area contributed by atoms with Crippen molar-refractivity contribution in [1.82, 2.24) is 28.9 Å². The van der Waals surface area contributed by atoms with Crippen LogP contribution in [0.15, 0.2) is 36.7 Å². The summed E-state index contributed by atoms with van der Waals surface area (Å²) >= 11 is 1.45.